The van der Waals surface area contributed by atoms with Crippen LogP contribution in [-0.2, 0) is 4.79 Å². The number of carbonyl (C=O) groups is 2. The minimum Gasteiger partial charge on any atom is -0.481 e. The van der Waals surface area contributed by atoms with Gasteiger partial charge >= 0.3 is 5.97 Å². The molecule has 0 aliphatic rings. The van der Waals surface area contributed by atoms with Crippen molar-refractivity contribution in [1.82, 2.24) is 4.98 Å². The summed E-state index contributed by atoms with van der Waals surface area (Å²) in [6.45, 7) is 3.53. The van der Waals surface area contributed by atoms with E-state index in [0.29, 0.717) is 16.2 Å². The van der Waals surface area contributed by atoms with E-state index in [-0.39, 0.29) is 5.75 Å². The molecule has 1 heterocycles. The third-order valence-electron chi connectivity index (χ3n) is 1.89. The Hall–Kier alpha value is -1.56. The second-order valence-electron chi connectivity index (χ2n) is 3.31. The van der Waals surface area contributed by atoms with Gasteiger partial charge in [0.2, 0.25) is 0 Å². The summed E-state index contributed by atoms with van der Waals surface area (Å²) in [7, 11) is 0. The molecule has 16 heavy (non-hydrogen) atoms. The molecule has 0 fully saturated rings. The second-order valence-corrected chi connectivity index (χ2v) is 4.27. The van der Waals surface area contributed by atoms with Crippen molar-refractivity contribution in [2.45, 2.75) is 18.9 Å². The van der Waals surface area contributed by atoms with Crippen LogP contribution in [0.1, 0.15) is 21.6 Å². The van der Waals surface area contributed by atoms with Crippen molar-refractivity contribution < 1.29 is 14.7 Å². The number of carboxylic acid groups (broad SMARTS) is 1. The van der Waals surface area contributed by atoms with Crippen LogP contribution in [0, 0.1) is 13.8 Å². The lowest BCUT2D eigenvalue weighted by Crippen LogP contribution is -2.16. The molecular formula is C10H12N2O3S. The molecule has 0 spiro atoms. The van der Waals surface area contributed by atoms with Gasteiger partial charge in [-0.05, 0) is 25.5 Å². The number of rotatable bonds is 4. The Morgan fingerprint density at radius 1 is 1.50 bits per heavy atom. The fourth-order valence-corrected chi connectivity index (χ4v) is 2.21. The van der Waals surface area contributed by atoms with E-state index in [1.54, 1.807) is 19.9 Å². The molecule has 0 aliphatic carbocycles. The Labute approximate surface area is 97.1 Å². The van der Waals surface area contributed by atoms with Crippen molar-refractivity contribution in [3.63, 3.8) is 0 Å². The zero-order chi connectivity index (χ0) is 12.3. The van der Waals surface area contributed by atoms with Gasteiger partial charge in [-0.25, -0.2) is 4.98 Å². The molecule has 0 radical (unpaired) electrons. The molecule has 86 valence electrons. The smallest absolute Gasteiger partial charge is 0.313 e. The summed E-state index contributed by atoms with van der Waals surface area (Å²) < 4.78 is 0. The average Bonchev–Trinajstić information content (AvgIpc) is 2.12. The van der Waals surface area contributed by atoms with Gasteiger partial charge in [-0.1, -0.05) is 11.8 Å². The number of aliphatic carboxylic acids is 1. The van der Waals surface area contributed by atoms with Crippen molar-refractivity contribution in [3.05, 3.63) is 22.9 Å². The van der Waals surface area contributed by atoms with Crippen LogP contribution in [0.3, 0.4) is 0 Å². The summed E-state index contributed by atoms with van der Waals surface area (Å²) in [4.78, 5) is 25.8. The zero-order valence-electron chi connectivity index (χ0n) is 8.98. The number of nitrogens with two attached hydrogens (primary N) is 1. The number of carboxylic acids is 1. The Bertz CT molecular complexity index is 446. The maximum absolute atomic E-state index is 11.2. The van der Waals surface area contributed by atoms with Crippen LogP contribution in [0.25, 0.3) is 0 Å². The SMILES string of the molecule is Cc1cc(C)c(C(N)=O)c(SCC(=O)O)n1. The van der Waals surface area contributed by atoms with E-state index in [4.69, 9.17) is 10.8 Å². The molecule has 6 heteroatoms. The zero-order valence-corrected chi connectivity index (χ0v) is 9.80. The number of pyridine rings is 1. The molecule has 0 unspecified atom stereocenters. The van der Waals surface area contributed by atoms with E-state index < -0.39 is 11.9 Å². The fourth-order valence-electron chi connectivity index (χ4n) is 1.34. The first-order chi connectivity index (χ1) is 7.41. The van der Waals surface area contributed by atoms with Crippen LogP contribution in [0.2, 0.25) is 0 Å². The normalized spacial score (nSPS) is 10.1. The van der Waals surface area contributed by atoms with E-state index in [0.717, 1.165) is 17.5 Å². The minimum atomic E-state index is -0.957. The second kappa shape index (κ2) is 4.98. The van der Waals surface area contributed by atoms with Gasteiger partial charge < -0.3 is 10.8 Å². The lowest BCUT2D eigenvalue weighted by molar-refractivity contribution is -0.133. The average molecular weight is 240 g/mol. The van der Waals surface area contributed by atoms with Crippen LogP contribution in [-0.4, -0.2) is 27.7 Å². The number of nitrogens with zero attached hydrogens (tertiary/aromatic N) is 1. The third-order valence-corrected chi connectivity index (χ3v) is 2.85. The van der Waals surface area contributed by atoms with Gasteiger partial charge in [0.05, 0.1) is 11.3 Å². The highest BCUT2D eigenvalue weighted by Gasteiger charge is 2.15. The largest absolute Gasteiger partial charge is 0.481 e. The Morgan fingerprint density at radius 2 is 2.12 bits per heavy atom. The third kappa shape index (κ3) is 2.96. The molecular weight excluding hydrogens is 228 g/mol. The molecule has 1 aromatic heterocycles. The van der Waals surface area contributed by atoms with Crippen molar-refractivity contribution in [3.8, 4) is 0 Å². The molecule has 3 N–H and O–H groups in total. The number of carbonyl (C=O) groups excluding carboxylic acids is 1. The molecule has 1 amide bonds. The van der Waals surface area contributed by atoms with E-state index in [1.165, 1.54) is 0 Å². The van der Waals surface area contributed by atoms with Gasteiger partial charge in [0.15, 0.2) is 0 Å². The lowest BCUT2D eigenvalue weighted by Gasteiger charge is -2.08. The molecule has 0 atom stereocenters. The van der Waals surface area contributed by atoms with Crippen molar-refractivity contribution in [1.29, 1.82) is 0 Å². The maximum Gasteiger partial charge on any atom is 0.313 e. The molecule has 1 rings (SSSR count). The summed E-state index contributed by atoms with van der Waals surface area (Å²) in [6.07, 6.45) is 0. The van der Waals surface area contributed by atoms with Crippen molar-refractivity contribution in [2.24, 2.45) is 5.73 Å². The van der Waals surface area contributed by atoms with Crippen LogP contribution < -0.4 is 5.73 Å². The van der Waals surface area contributed by atoms with E-state index in [9.17, 15) is 9.59 Å². The number of amides is 1. The molecule has 0 bridgehead atoms. The fraction of sp³-hybridized carbons (Fsp3) is 0.300. The number of hydrogen-bond donors (Lipinski definition) is 2. The summed E-state index contributed by atoms with van der Waals surface area (Å²) in [5.74, 6) is -1.69. The molecule has 0 saturated heterocycles. The quantitative estimate of drug-likeness (QED) is 0.765. The first-order valence-electron chi connectivity index (χ1n) is 4.54. The van der Waals surface area contributed by atoms with Gasteiger partial charge in [-0.3, -0.25) is 9.59 Å². The lowest BCUT2D eigenvalue weighted by atomic mass is 10.1. The highest BCUT2D eigenvalue weighted by atomic mass is 32.2. The maximum atomic E-state index is 11.2. The number of aryl methyl sites for hydroxylation is 2. The highest BCUT2D eigenvalue weighted by Crippen LogP contribution is 2.23. The van der Waals surface area contributed by atoms with Gasteiger partial charge in [0, 0.05) is 5.69 Å². The Morgan fingerprint density at radius 3 is 2.62 bits per heavy atom. The Kier molecular flexibility index (Phi) is 3.89. The summed E-state index contributed by atoms with van der Waals surface area (Å²) in [5.41, 5.74) is 6.98. The van der Waals surface area contributed by atoms with E-state index >= 15 is 0 Å². The standard InChI is InChI=1S/C10H12N2O3S/c1-5-3-6(2)12-10(8(5)9(11)15)16-4-7(13)14/h3H,4H2,1-2H3,(H2,11,15)(H,13,14). The first kappa shape index (κ1) is 12.5. The minimum absolute atomic E-state index is 0.143. The highest BCUT2D eigenvalue weighted by molar-refractivity contribution is 8.00. The topological polar surface area (TPSA) is 93.3 Å². The first-order valence-corrected chi connectivity index (χ1v) is 5.53. The van der Waals surface area contributed by atoms with Gasteiger partial charge in [0.1, 0.15) is 5.03 Å². The van der Waals surface area contributed by atoms with Gasteiger partial charge in [0.25, 0.3) is 5.91 Å². The van der Waals surface area contributed by atoms with E-state index in [2.05, 4.69) is 4.98 Å². The van der Waals surface area contributed by atoms with Crippen molar-refractivity contribution >= 4 is 23.6 Å². The predicted molar refractivity (Wildman–Crippen MR) is 60.6 cm³/mol. The van der Waals surface area contributed by atoms with E-state index in [1.807, 2.05) is 0 Å². The number of aromatic nitrogens is 1. The van der Waals surface area contributed by atoms with Crippen molar-refractivity contribution in [2.75, 3.05) is 5.75 Å². The monoisotopic (exact) mass is 240 g/mol. The summed E-state index contributed by atoms with van der Waals surface area (Å²) in [5, 5.41) is 8.96. The molecule has 1 aromatic rings. The van der Waals surface area contributed by atoms with Crippen LogP contribution in [0.15, 0.2) is 11.1 Å². The molecule has 0 aliphatic heterocycles. The number of hydrogen-bond acceptors (Lipinski definition) is 4. The predicted octanol–water partition coefficient (Wildman–Crippen LogP) is 0.974. The number of primary amides is 1. The van der Waals surface area contributed by atoms with Crippen LogP contribution in [0.4, 0.5) is 0 Å². The summed E-state index contributed by atoms with van der Waals surface area (Å²) >= 11 is 1.00. The van der Waals surface area contributed by atoms with Gasteiger partial charge in [-0.2, -0.15) is 0 Å². The number of thioether (sulfide) groups is 1. The molecule has 0 aromatic carbocycles. The van der Waals surface area contributed by atoms with Crippen LogP contribution in [0.5, 0.6) is 0 Å². The Balaban J connectivity index is 3.13. The summed E-state index contributed by atoms with van der Waals surface area (Å²) in [6, 6.07) is 1.74. The van der Waals surface area contributed by atoms with Gasteiger partial charge in [-0.15, -0.1) is 0 Å². The molecule has 5 nitrogen and oxygen atoms in total. The van der Waals surface area contributed by atoms with Crippen LogP contribution >= 0.6 is 11.8 Å². The molecule has 0 saturated carbocycles.